The molecule has 0 aliphatic heterocycles. The topological polar surface area (TPSA) is 108 Å². The maximum Gasteiger partial charge on any atom is 0.347 e. The van der Waals surface area contributed by atoms with E-state index in [-0.39, 0.29) is 10.2 Å². The van der Waals surface area contributed by atoms with Crippen LogP contribution in [0.4, 0.5) is 5.00 Å². The molecule has 0 N–H and O–H groups in total. The van der Waals surface area contributed by atoms with Crippen molar-refractivity contribution in [3.8, 4) is 10.9 Å². The molecule has 1 heterocycles. The number of benzene rings is 1. The maximum atomic E-state index is 10.5. The minimum Gasteiger partial charge on any atom is -0.431 e. The Labute approximate surface area is 116 Å². The van der Waals surface area contributed by atoms with Crippen LogP contribution in [-0.4, -0.2) is 14.8 Å². The van der Waals surface area contributed by atoms with Gasteiger partial charge in [0.1, 0.15) is 11.9 Å². The Morgan fingerprint density at radius 2 is 1.90 bits per heavy atom. The van der Waals surface area contributed by atoms with Gasteiger partial charge in [0, 0.05) is 6.08 Å². The highest BCUT2D eigenvalue weighted by Gasteiger charge is 2.12. The van der Waals surface area contributed by atoms with Gasteiger partial charge in [-0.1, -0.05) is 12.1 Å². The summed E-state index contributed by atoms with van der Waals surface area (Å²) < 4.78 is 5.33. The van der Waals surface area contributed by atoms with Gasteiger partial charge in [-0.05, 0) is 29.0 Å². The molecule has 0 unspecified atom stereocenters. The molecule has 2 aromatic rings. The molecule has 0 saturated heterocycles. The second kappa shape index (κ2) is 5.89. The fourth-order valence-corrected chi connectivity index (χ4v) is 1.88. The van der Waals surface area contributed by atoms with E-state index in [1.54, 1.807) is 24.3 Å². The molecule has 0 radical (unpaired) electrons. The third kappa shape index (κ3) is 3.59. The van der Waals surface area contributed by atoms with E-state index < -0.39 is 9.85 Å². The number of ether oxygens (including phenoxy) is 1. The van der Waals surface area contributed by atoms with E-state index in [4.69, 9.17) is 4.74 Å². The van der Waals surface area contributed by atoms with Crippen molar-refractivity contribution in [2.24, 2.45) is 0 Å². The monoisotopic (exact) mass is 293 g/mol. The van der Waals surface area contributed by atoms with Gasteiger partial charge in [0.15, 0.2) is 0 Å². The van der Waals surface area contributed by atoms with Crippen LogP contribution in [0.5, 0.6) is 10.9 Å². The quantitative estimate of drug-likeness (QED) is 0.619. The fraction of sp³-hybridized carbons (Fsp3) is 0. The van der Waals surface area contributed by atoms with E-state index in [9.17, 15) is 20.2 Å². The lowest BCUT2D eigenvalue weighted by Gasteiger charge is -2.00. The van der Waals surface area contributed by atoms with E-state index in [1.165, 1.54) is 6.08 Å². The minimum atomic E-state index is -0.556. The van der Waals surface area contributed by atoms with Crippen molar-refractivity contribution < 1.29 is 14.6 Å². The van der Waals surface area contributed by atoms with Crippen LogP contribution >= 0.6 is 11.3 Å². The average Bonchev–Trinajstić information content (AvgIpc) is 2.86. The first kappa shape index (κ1) is 13.6. The lowest BCUT2D eigenvalue weighted by Crippen LogP contribution is -1.84. The normalized spacial score (nSPS) is 10.6. The standard InChI is InChI=1S/C11H7N3O5S/c15-13(16)6-5-8-1-3-9(4-2-8)19-11-12-7-10(20-11)14(17)18/h1-7H. The number of thiazole rings is 1. The molecule has 1 aromatic heterocycles. The molecule has 0 saturated carbocycles. The third-order valence-corrected chi connectivity index (χ3v) is 2.95. The van der Waals surface area contributed by atoms with Gasteiger partial charge in [-0.25, -0.2) is 4.98 Å². The molecule has 0 atom stereocenters. The Morgan fingerprint density at radius 1 is 1.20 bits per heavy atom. The molecule has 0 fully saturated rings. The van der Waals surface area contributed by atoms with E-state index in [1.807, 2.05) is 0 Å². The summed E-state index contributed by atoms with van der Waals surface area (Å²) in [6.07, 6.45) is 3.30. The minimum absolute atomic E-state index is 0.106. The van der Waals surface area contributed by atoms with Crippen LogP contribution in [0.15, 0.2) is 36.7 Å². The lowest BCUT2D eigenvalue weighted by atomic mass is 10.2. The molecule has 0 aliphatic carbocycles. The highest BCUT2D eigenvalue weighted by atomic mass is 32.1. The molecular weight excluding hydrogens is 286 g/mol. The lowest BCUT2D eigenvalue weighted by molar-refractivity contribution is -0.400. The van der Waals surface area contributed by atoms with Crippen LogP contribution in [-0.2, 0) is 0 Å². The van der Waals surface area contributed by atoms with E-state index in [0.29, 0.717) is 11.3 Å². The number of hydrogen-bond acceptors (Lipinski definition) is 7. The predicted octanol–water partition coefficient (Wildman–Crippen LogP) is 3.09. The fourth-order valence-electron chi connectivity index (χ4n) is 1.28. The van der Waals surface area contributed by atoms with E-state index in [0.717, 1.165) is 23.7 Å². The molecule has 0 aliphatic rings. The van der Waals surface area contributed by atoms with Gasteiger partial charge in [0.2, 0.25) is 6.20 Å². The number of rotatable bonds is 5. The highest BCUT2D eigenvalue weighted by molar-refractivity contribution is 7.16. The van der Waals surface area contributed by atoms with Crippen molar-refractivity contribution in [3.05, 3.63) is 62.5 Å². The Balaban J connectivity index is 2.06. The van der Waals surface area contributed by atoms with Crippen molar-refractivity contribution in [3.63, 3.8) is 0 Å². The summed E-state index contributed by atoms with van der Waals surface area (Å²) in [7, 11) is 0. The first-order valence-corrected chi connectivity index (χ1v) is 6.06. The first-order valence-electron chi connectivity index (χ1n) is 5.24. The summed E-state index contributed by atoms with van der Waals surface area (Å²) >= 11 is 0.818. The molecule has 2 rings (SSSR count). The molecule has 20 heavy (non-hydrogen) atoms. The molecule has 9 heteroatoms. The maximum absolute atomic E-state index is 10.5. The van der Waals surface area contributed by atoms with Crippen molar-refractivity contribution in [2.45, 2.75) is 0 Å². The van der Waals surface area contributed by atoms with Gasteiger partial charge < -0.3 is 4.74 Å². The summed E-state index contributed by atoms with van der Waals surface area (Å²) in [4.78, 5) is 23.3. The van der Waals surface area contributed by atoms with Gasteiger partial charge in [-0.3, -0.25) is 20.2 Å². The summed E-state index contributed by atoms with van der Waals surface area (Å²) in [6.45, 7) is 0. The second-order valence-corrected chi connectivity index (χ2v) is 4.47. The number of nitro groups is 2. The van der Waals surface area contributed by atoms with Gasteiger partial charge in [0.25, 0.3) is 5.19 Å². The van der Waals surface area contributed by atoms with Crippen LogP contribution in [0.1, 0.15) is 5.56 Å². The number of aromatic nitrogens is 1. The molecule has 1 aromatic carbocycles. The molecule has 8 nitrogen and oxygen atoms in total. The second-order valence-electron chi connectivity index (χ2n) is 3.49. The summed E-state index contributed by atoms with van der Waals surface area (Å²) in [5, 5.41) is 20.7. The van der Waals surface area contributed by atoms with Crippen LogP contribution in [0.3, 0.4) is 0 Å². The largest absolute Gasteiger partial charge is 0.431 e. The van der Waals surface area contributed by atoms with Crippen molar-refractivity contribution in [2.75, 3.05) is 0 Å². The molecule has 102 valence electrons. The van der Waals surface area contributed by atoms with Crippen molar-refractivity contribution >= 4 is 22.4 Å². The number of nitrogens with zero attached hydrogens (tertiary/aromatic N) is 3. The van der Waals surface area contributed by atoms with Gasteiger partial charge >= 0.3 is 5.00 Å². The Hall–Kier alpha value is -2.81. The molecule has 0 spiro atoms. The highest BCUT2D eigenvalue weighted by Crippen LogP contribution is 2.30. The molecular formula is C11H7N3O5S. The summed E-state index contributed by atoms with van der Waals surface area (Å²) in [5.74, 6) is 0.438. The van der Waals surface area contributed by atoms with Crippen molar-refractivity contribution in [1.29, 1.82) is 0 Å². The third-order valence-electron chi connectivity index (χ3n) is 2.13. The zero-order valence-corrected chi connectivity index (χ0v) is 10.6. The number of hydrogen-bond donors (Lipinski definition) is 0. The Morgan fingerprint density at radius 3 is 2.45 bits per heavy atom. The van der Waals surface area contributed by atoms with Gasteiger partial charge in [-0.15, -0.1) is 0 Å². The smallest absolute Gasteiger partial charge is 0.347 e. The Bertz CT molecular complexity index is 665. The zero-order valence-electron chi connectivity index (χ0n) is 9.83. The predicted molar refractivity (Wildman–Crippen MR) is 71.3 cm³/mol. The zero-order chi connectivity index (χ0) is 14.5. The summed E-state index contributed by atoms with van der Waals surface area (Å²) in [5.41, 5.74) is 0.638. The van der Waals surface area contributed by atoms with Gasteiger partial charge in [-0.2, -0.15) is 0 Å². The van der Waals surface area contributed by atoms with E-state index >= 15 is 0 Å². The molecule has 0 bridgehead atoms. The first-order chi connectivity index (χ1) is 9.54. The van der Waals surface area contributed by atoms with Crippen molar-refractivity contribution in [1.82, 2.24) is 4.98 Å². The van der Waals surface area contributed by atoms with Crippen LogP contribution < -0.4 is 4.74 Å². The van der Waals surface area contributed by atoms with Crippen LogP contribution in [0.25, 0.3) is 6.08 Å². The Kier molecular flexibility index (Phi) is 4.01. The summed E-state index contributed by atoms with van der Waals surface area (Å²) in [6, 6.07) is 6.43. The average molecular weight is 293 g/mol. The van der Waals surface area contributed by atoms with E-state index in [2.05, 4.69) is 4.98 Å². The van der Waals surface area contributed by atoms with Crippen LogP contribution in [0.2, 0.25) is 0 Å². The molecule has 0 amide bonds. The van der Waals surface area contributed by atoms with Crippen LogP contribution in [0, 0.1) is 20.2 Å². The van der Waals surface area contributed by atoms with Gasteiger partial charge in [0.05, 0.1) is 9.85 Å². The SMILES string of the molecule is O=[N+]([O-])C=Cc1ccc(Oc2ncc([N+](=O)[O-])s2)cc1.